The second-order valence-corrected chi connectivity index (χ2v) is 7.58. The number of H-pyrrole nitrogens is 1. The zero-order chi connectivity index (χ0) is 18.2. The van der Waals surface area contributed by atoms with Crippen molar-refractivity contribution in [3.63, 3.8) is 0 Å². The minimum atomic E-state index is -0.594. The van der Waals surface area contributed by atoms with Crippen LogP contribution in [-0.4, -0.2) is 34.8 Å². The monoisotopic (exact) mass is 345 g/mol. The Balaban J connectivity index is 1.79. The van der Waals surface area contributed by atoms with Gasteiger partial charge in [0.15, 0.2) is 0 Å². The summed E-state index contributed by atoms with van der Waals surface area (Å²) < 4.78 is 14.2. The van der Waals surface area contributed by atoms with Gasteiger partial charge in [0.05, 0.1) is 5.56 Å². The average Bonchev–Trinajstić information content (AvgIpc) is 2.99. The van der Waals surface area contributed by atoms with E-state index in [0.29, 0.717) is 36.0 Å². The molecule has 0 radical (unpaired) electrons. The van der Waals surface area contributed by atoms with Gasteiger partial charge in [0, 0.05) is 35.6 Å². The Morgan fingerprint density at radius 1 is 1.40 bits per heavy atom. The normalized spacial score (nSPS) is 18.5. The van der Waals surface area contributed by atoms with E-state index in [9.17, 15) is 14.0 Å². The summed E-state index contributed by atoms with van der Waals surface area (Å²) in [4.78, 5) is 29.2. The Morgan fingerprint density at radius 3 is 2.88 bits per heavy atom. The van der Waals surface area contributed by atoms with Crippen molar-refractivity contribution in [3.05, 3.63) is 35.8 Å². The van der Waals surface area contributed by atoms with E-state index in [-0.39, 0.29) is 17.7 Å². The second kappa shape index (κ2) is 6.50. The fourth-order valence-electron chi connectivity index (χ4n) is 3.72. The molecule has 0 aliphatic carbocycles. The quantitative estimate of drug-likeness (QED) is 0.893. The molecule has 2 amide bonds. The summed E-state index contributed by atoms with van der Waals surface area (Å²) in [5, 5.41) is 0.340. The van der Waals surface area contributed by atoms with E-state index in [2.05, 4.69) is 4.98 Å². The van der Waals surface area contributed by atoms with Crippen molar-refractivity contribution in [1.82, 2.24) is 9.88 Å². The number of halogens is 1. The first kappa shape index (κ1) is 17.5. The molecule has 0 bridgehead atoms. The van der Waals surface area contributed by atoms with E-state index in [1.807, 2.05) is 13.8 Å². The van der Waals surface area contributed by atoms with E-state index in [0.717, 1.165) is 12.8 Å². The lowest BCUT2D eigenvalue weighted by molar-refractivity contribution is -0.127. The average molecular weight is 345 g/mol. The number of likely N-dealkylation sites (tertiary alicyclic amines) is 1. The maximum atomic E-state index is 14.2. The number of nitrogens with one attached hydrogen (secondary N) is 1. The molecule has 0 spiro atoms. The zero-order valence-corrected chi connectivity index (χ0v) is 14.6. The van der Waals surface area contributed by atoms with E-state index in [1.54, 1.807) is 23.2 Å². The Bertz CT molecular complexity index is 812. The number of fused-ring (bicyclic) bond motifs is 1. The topological polar surface area (TPSA) is 79.2 Å². The molecule has 1 aliphatic rings. The van der Waals surface area contributed by atoms with Crippen LogP contribution in [0.15, 0.2) is 24.4 Å². The summed E-state index contributed by atoms with van der Waals surface area (Å²) >= 11 is 0. The van der Waals surface area contributed by atoms with Gasteiger partial charge < -0.3 is 15.6 Å². The van der Waals surface area contributed by atoms with Crippen LogP contribution in [0.25, 0.3) is 10.9 Å². The minimum Gasteiger partial charge on any atom is -0.369 e. The van der Waals surface area contributed by atoms with Gasteiger partial charge >= 0.3 is 0 Å². The van der Waals surface area contributed by atoms with Crippen molar-refractivity contribution in [2.24, 2.45) is 17.1 Å². The van der Waals surface area contributed by atoms with Crippen LogP contribution >= 0.6 is 0 Å². The molecule has 0 saturated carbocycles. The molecule has 2 heterocycles. The fraction of sp³-hybridized carbons (Fsp3) is 0.474. The minimum absolute atomic E-state index is 0.169. The number of benzene rings is 1. The van der Waals surface area contributed by atoms with Crippen LogP contribution in [-0.2, 0) is 4.79 Å². The van der Waals surface area contributed by atoms with Crippen molar-refractivity contribution in [3.8, 4) is 0 Å². The molecular formula is C19H24FN3O2. The van der Waals surface area contributed by atoms with Gasteiger partial charge in [-0.15, -0.1) is 0 Å². The third-order valence-corrected chi connectivity index (χ3v) is 5.16. The van der Waals surface area contributed by atoms with Gasteiger partial charge in [-0.05, 0) is 37.3 Å². The number of carbonyl (C=O) groups is 2. The van der Waals surface area contributed by atoms with Crippen LogP contribution in [0.5, 0.6) is 0 Å². The molecule has 1 aliphatic heterocycles. The first-order valence-electron chi connectivity index (χ1n) is 8.64. The van der Waals surface area contributed by atoms with Crippen molar-refractivity contribution < 1.29 is 14.0 Å². The highest BCUT2D eigenvalue weighted by molar-refractivity contribution is 6.07. The van der Waals surface area contributed by atoms with Crippen LogP contribution in [0, 0.1) is 17.2 Å². The van der Waals surface area contributed by atoms with Crippen LogP contribution in [0.3, 0.4) is 0 Å². The number of amides is 2. The van der Waals surface area contributed by atoms with Crippen molar-refractivity contribution >= 4 is 22.7 Å². The SMILES string of the molecule is CC(C)(CC1CCCN(C(=O)c2c[nH]c3cccc(F)c23)C1)C(N)=O. The summed E-state index contributed by atoms with van der Waals surface area (Å²) in [6.45, 7) is 4.89. The highest BCUT2D eigenvalue weighted by Gasteiger charge is 2.33. The highest BCUT2D eigenvalue weighted by atomic mass is 19.1. The summed E-state index contributed by atoms with van der Waals surface area (Å²) in [5.41, 5.74) is 5.86. The van der Waals surface area contributed by atoms with Crippen LogP contribution in [0.4, 0.5) is 4.39 Å². The van der Waals surface area contributed by atoms with Crippen molar-refractivity contribution in [2.45, 2.75) is 33.1 Å². The van der Waals surface area contributed by atoms with E-state index >= 15 is 0 Å². The first-order valence-corrected chi connectivity index (χ1v) is 8.64. The van der Waals surface area contributed by atoms with Gasteiger partial charge in [-0.1, -0.05) is 19.9 Å². The number of aromatic nitrogens is 1. The highest BCUT2D eigenvalue weighted by Crippen LogP contribution is 2.32. The molecule has 3 N–H and O–H groups in total. The lowest BCUT2D eigenvalue weighted by atomic mass is 9.79. The molecular weight excluding hydrogens is 321 g/mol. The van der Waals surface area contributed by atoms with E-state index in [1.165, 1.54) is 6.07 Å². The summed E-state index contributed by atoms with van der Waals surface area (Å²) in [6.07, 6.45) is 4.06. The predicted molar refractivity (Wildman–Crippen MR) is 94.5 cm³/mol. The molecule has 25 heavy (non-hydrogen) atoms. The molecule has 134 valence electrons. The van der Waals surface area contributed by atoms with E-state index < -0.39 is 11.2 Å². The number of aromatic amines is 1. The maximum absolute atomic E-state index is 14.2. The van der Waals surface area contributed by atoms with Gasteiger partial charge in [0.25, 0.3) is 5.91 Å². The molecule has 1 saturated heterocycles. The number of primary amides is 1. The number of nitrogens with zero attached hydrogens (tertiary/aromatic N) is 1. The molecule has 1 atom stereocenters. The second-order valence-electron chi connectivity index (χ2n) is 7.58. The molecule has 1 fully saturated rings. The smallest absolute Gasteiger partial charge is 0.256 e. The number of rotatable bonds is 4. The zero-order valence-electron chi connectivity index (χ0n) is 14.6. The number of carbonyl (C=O) groups excluding carboxylic acids is 2. The van der Waals surface area contributed by atoms with Crippen LogP contribution < -0.4 is 5.73 Å². The molecule has 1 unspecified atom stereocenters. The third kappa shape index (κ3) is 3.38. The first-order chi connectivity index (χ1) is 11.8. The number of piperidine rings is 1. The van der Waals surface area contributed by atoms with Gasteiger partial charge in [-0.3, -0.25) is 9.59 Å². The molecule has 5 nitrogen and oxygen atoms in total. The molecule has 2 aromatic rings. The fourth-order valence-corrected chi connectivity index (χ4v) is 3.72. The molecule has 1 aromatic carbocycles. The largest absolute Gasteiger partial charge is 0.369 e. The van der Waals surface area contributed by atoms with Gasteiger partial charge in [-0.2, -0.15) is 0 Å². The van der Waals surface area contributed by atoms with Gasteiger partial charge in [0.2, 0.25) is 5.91 Å². The maximum Gasteiger partial charge on any atom is 0.256 e. The molecule has 1 aromatic heterocycles. The third-order valence-electron chi connectivity index (χ3n) is 5.16. The Kier molecular flexibility index (Phi) is 4.54. The standard InChI is InChI=1S/C19H24FN3O2/c1-19(2,18(21)25)9-12-5-4-8-23(11-12)17(24)13-10-22-15-7-3-6-14(20)16(13)15/h3,6-7,10,12,22H,4-5,8-9,11H2,1-2H3,(H2,21,25). The Morgan fingerprint density at radius 2 is 2.16 bits per heavy atom. The summed E-state index contributed by atoms with van der Waals surface area (Å²) in [5.74, 6) is -0.673. The number of nitrogens with two attached hydrogens (primary N) is 1. The lowest BCUT2D eigenvalue weighted by Gasteiger charge is -2.36. The number of hydrogen-bond acceptors (Lipinski definition) is 2. The van der Waals surface area contributed by atoms with Crippen molar-refractivity contribution in [1.29, 1.82) is 0 Å². The molecule has 6 heteroatoms. The Labute approximate surface area is 146 Å². The van der Waals surface area contributed by atoms with Crippen molar-refractivity contribution in [2.75, 3.05) is 13.1 Å². The summed E-state index contributed by atoms with van der Waals surface area (Å²) in [6, 6.07) is 4.73. The number of hydrogen-bond donors (Lipinski definition) is 2. The van der Waals surface area contributed by atoms with Crippen LogP contribution in [0.1, 0.15) is 43.5 Å². The predicted octanol–water partition coefficient (Wildman–Crippen LogP) is 3.06. The lowest BCUT2D eigenvalue weighted by Crippen LogP contribution is -2.42. The van der Waals surface area contributed by atoms with Gasteiger partial charge in [0.1, 0.15) is 5.82 Å². The Hall–Kier alpha value is -2.37. The van der Waals surface area contributed by atoms with E-state index in [4.69, 9.17) is 5.73 Å². The van der Waals surface area contributed by atoms with Crippen LogP contribution in [0.2, 0.25) is 0 Å². The van der Waals surface area contributed by atoms with Gasteiger partial charge in [-0.25, -0.2) is 4.39 Å². The molecule has 3 rings (SSSR count). The summed E-state index contributed by atoms with van der Waals surface area (Å²) in [7, 11) is 0.